The Balaban J connectivity index is 1.84. The van der Waals surface area contributed by atoms with Gasteiger partial charge < -0.3 is 10.6 Å². The topological polar surface area (TPSA) is 66.9 Å². The highest BCUT2D eigenvalue weighted by atomic mass is 16.1. The highest BCUT2D eigenvalue weighted by Gasteiger charge is 2.17. The predicted octanol–water partition coefficient (Wildman–Crippen LogP) is 1.68. The van der Waals surface area contributed by atoms with Gasteiger partial charge in [0, 0.05) is 29.8 Å². The van der Waals surface area contributed by atoms with Crippen LogP contribution in [0.25, 0.3) is 0 Å². The zero-order chi connectivity index (χ0) is 13.9. The fraction of sp³-hybridized carbons (Fsp3) is 0.643. The van der Waals surface area contributed by atoms with Gasteiger partial charge >= 0.3 is 0 Å². The number of fused-ring (bicyclic) bond motifs is 1. The minimum absolute atomic E-state index is 0.0608. The van der Waals surface area contributed by atoms with Gasteiger partial charge in [0.05, 0.1) is 0 Å². The van der Waals surface area contributed by atoms with Gasteiger partial charge in [0.25, 0.3) is 0 Å². The molecule has 0 spiro atoms. The van der Waals surface area contributed by atoms with Crippen LogP contribution in [0.4, 0.5) is 5.82 Å². The van der Waals surface area contributed by atoms with Crippen molar-refractivity contribution < 1.29 is 4.79 Å². The summed E-state index contributed by atoms with van der Waals surface area (Å²) in [6.45, 7) is 6.55. The number of aromatic nitrogens is 2. The molecule has 0 aromatic carbocycles. The van der Waals surface area contributed by atoms with Crippen LogP contribution in [-0.4, -0.2) is 28.0 Å². The maximum atomic E-state index is 11.7. The first-order valence-electron chi connectivity index (χ1n) is 6.83. The zero-order valence-corrected chi connectivity index (χ0v) is 11.9. The van der Waals surface area contributed by atoms with E-state index in [4.69, 9.17) is 0 Å². The van der Waals surface area contributed by atoms with Crippen LogP contribution in [0.5, 0.6) is 0 Å². The van der Waals surface area contributed by atoms with Crippen LogP contribution in [0.2, 0.25) is 0 Å². The van der Waals surface area contributed by atoms with Crippen molar-refractivity contribution in [2.75, 3.05) is 11.9 Å². The molecule has 1 amide bonds. The Morgan fingerprint density at radius 3 is 2.84 bits per heavy atom. The fourth-order valence-corrected chi connectivity index (χ4v) is 2.29. The largest absolute Gasteiger partial charge is 0.369 e. The molecular weight excluding hydrogens is 240 g/mol. The molecule has 0 saturated heterocycles. The molecule has 2 rings (SSSR count). The van der Waals surface area contributed by atoms with Crippen LogP contribution >= 0.6 is 0 Å². The first-order chi connectivity index (χ1) is 8.96. The Morgan fingerprint density at radius 1 is 1.32 bits per heavy atom. The summed E-state index contributed by atoms with van der Waals surface area (Å²) in [5, 5.41) is 6.20. The normalized spacial score (nSPS) is 14.1. The molecule has 104 valence electrons. The zero-order valence-electron chi connectivity index (χ0n) is 11.9. The number of hydrogen-bond acceptors (Lipinski definition) is 4. The van der Waals surface area contributed by atoms with E-state index < -0.39 is 0 Å². The summed E-state index contributed by atoms with van der Waals surface area (Å²) >= 11 is 0. The number of amides is 1. The first kappa shape index (κ1) is 13.8. The summed E-state index contributed by atoms with van der Waals surface area (Å²) in [6, 6.07) is 0. The number of carbonyl (C=O) groups excluding carboxylic acids is 1. The van der Waals surface area contributed by atoms with E-state index >= 15 is 0 Å². The third kappa shape index (κ3) is 3.91. The number of anilines is 1. The molecule has 0 radical (unpaired) electrons. The van der Waals surface area contributed by atoms with Crippen LogP contribution in [0.3, 0.4) is 0 Å². The second kappa shape index (κ2) is 5.55. The number of carbonyl (C=O) groups is 1. The minimum atomic E-state index is -0.173. The Morgan fingerprint density at radius 2 is 2.11 bits per heavy atom. The van der Waals surface area contributed by atoms with Gasteiger partial charge in [-0.1, -0.05) is 0 Å². The van der Waals surface area contributed by atoms with Crippen molar-refractivity contribution >= 4 is 11.7 Å². The minimum Gasteiger partial charge on any atom is -0.369 e. The molecule has 5 heteroatoms. The molecule has 1 heterocycles. The summed E-state index contributed by atoms with van der Waals surface area (Å²) < 4.78 is 0. The van der Waals surface area contributed by atoms with E-state index in [0.717, 1.165) is 30.8 Å². The lowest BCUT2D eigenvalue weighted by Crippen LogP contribution is -2.41. The van der Waals surface area contributed by atoms with Gasteiger partial charge in [-0.05, 0) is 40.0 Å². The SMILES string of the molecule is CC(C)(C)NC(=O)CCNc1ncnc2c1CCC2. The average molecular weight is 262 g/mol. The van der Waals surface area contributed by atoms with Gasteiger partial charge in [0.1, 0.15) is 12.1 Å². The molecule has 0 atom stereocenters. The number of nitrogens with zero attached hydrogens (tertiary/aromatic N) is 2. The van der Waals surface area contributed by atoms with Crippen molar-refractivity contribution in [1.82, 2.24) is 15.3 Å². The maximum absolute atomic E-state index is 11.7. The predicted molar refractivity (Wildman–Crippen MR) is 75.1 cm³/mol. The van der Waals surface area contributed by atoms with Gasteiger partial charge in [-0.25, -0.2) is 9.97 Å². The van der Waals surface area contributed by atoms with Crippen molar-refractivity contribution in [2.24, 2.45) is 0 Å². The monoisotopic (exact) mass is 262 g/mol. The van der Waals surface area contributed by atoms with E-state index in [1.165, 1.54) is 5.56 Å². The summed E-state index contributed by atoms with van der Waals surface area (Å²) in [7, 11) is 0. The number of hydrogen-bond donors (Lipinski definition) is 2. The molecule has 0 unspecified atom stereocenters. The van der Waals surface area contributed by atoms with E-state index in [0.29, 0.717) is 13.0 Å². The van der Waals surface area contributed by atoms with Gasteiger partial charge in [-0.15, -0.1) is 0 Å². The van der Waals surface area contributed by atoms with E-state index in [-0.39, 0.29) is 11.4 Å². The van der Waals surface area contributed by atoms with Crippen LogP contribution < -0.4 is 10.6 Å². The molecule has 1 aliphatic carbocycles. The Hall–Kier alpha value is -1.65. The lowest BCUT2D eigenvalue weighted by molar-refractivity contribution is -0.122. The molecule has 2 N–H and O–H groups in total. The third-order valence-corrected chi connectivity index (χ3v) is 3.03. The molecular formula is C14H22N4O. The molecule has 1 aliphatic rings. The third-order valence-electron chi connectivity index (χ3n) is 3.03. The Kier molecular flexibility index (Phi) is 4.02. The maximum Gasteiger partial charge on any atom is 0.222 e. The quantitative estimate of drug-likeness (QED) is 0.866. The molecule has 0 bridgehead atoms. The standard InChI is InChI=1S/C14H22N4O/c1-14(2,3)18-12(19)7-8-15-13-10-5-4-6-11(10)16-9-17-13/h9H,4-8H2,1-3H3,(H,18,19)(H,15,16,17). The Labute approximate surface area is 114 Å². The lowest BCUT2D eigenvalue weighted by Gasteiger charge is -2.20. The van der Waals surface area contributed by atoms with Crippen molar-refractivity contribution in [3.8, 4) is 0 Å². The van der Waals surface area contributed by atoms with Crippen molar-refractivity contribution in [3.05, 3.63) is 17.6 Å². The molecule has 19 heavy (non-hydrogen) atoms. The second-order valence-electron chi connectivity index (χ2n) is 5.98. The van der Waals surface area contributed by atoms with Gasteiger partial charge in [-0.2, -0.15) is 0 Å². The van der Waals surface area contributed by atoms with E-state index in [1.54, 1.807) is 6.33 Å². The number of rotatable bonds is 4. The van der Waals surface area contributed by atoms with Crippen LogP contribution in [0.15, 0.2) is 6.33 Å². The summed E-state index contributed by atoms with van der Waals surface area (Å²) in [6.07, 6.45) is 5.27. The fourth-order valence-electron chi connectivity index (χ4n) is 2.29. The summed E-state index contributed by atoms with van der Waals surface area (Å²) in [5.74, 6) is 0.955. The molecule has 0 saturated carbocycles. The second-order valence-corrected chi connectivity index (χ2v) is 5.98. The van der Waals surface area contributed by atoms with Crippen molar-refractivity contribution in [2.45, 2.75) is 52.0 Å². The highest BCUT2D eigenvalue weighted by molar-refractivity contribution is 5.77. The van der Waals surface area contributed by atoms with Gasteiger partial charge in [0.15, 0.2) is 0 Å². The Bertz CT molecular complexity index is 465. The summed E-state index contributed by atoms with van der Waals surface area (Å²) in [5.41, 5.74) is 2.20. The molecule has 0 aliphatic heterocycles. The highest BCUT2D eigenvalue weighted by Crippen LogP contribution is 2.24. The van der Waals surface area contributed by atoms with Crippen LogP contribution in [0, 0.1) is 0 Å². The smallest absolute Gasteiger partial charge is 0.222 e. The van der Waals surface area contributed by atoms with Crippen LogP contribution in [0.1, 0.15) is 44.9 Å². The van der Waals surface area contributed by atoms with Crippen molar-refractivity contribution in [3.63, 3.8) is 0 Å². The number of aryl methyl sites for hydroxylation is 1. The number of nitrogens with one attached hydrogen (secondary N) is 2. The van der Waals surface area contributed by atoms with Crippen LogP contribution in [-0.2, 0) is 17.6 Å². The van der Waals surface area contributed by atoms with Gasteiger partial charge in [-0.3, -0.25) is 4.79 Å². The molecule has 0 fully saturated rings. The summed E-state index contributed by atoms with van der Waals surface area (Å²) in [4.78, 5) is 20.2. The lowest BCUT2D eigenvalue weighted by atomic mass is 10.1. The van der Waals surface area contributed by atoms with E-state index in [1.807, 2.05) is 20.8 Å². The molecule has 5 nitrogen and oxygen atoms in total. The first-order valence-corrected chi connectivity index (χ1v) is 6.83. The van der Waals surface area contributed by atoms with E-state index in [9.17, 15) is 4.79 Å². The molecule has 1 aromatic heterocycles. The molecule has 1 aromatic rings. The van der Waals surface area contributed by atoms with Crippen molar-refractivity contribution in [1.29, 1.82) is 0 Å². The average Bonchev–Trinajstić information content (AvgIpc) is 2.75. The van der Waals surface area contributed by atoms with E-state index in [2.05, 4.69) is 20.6 Å². The van der Waals surface area contributed by atoms with Gasteiger partial charge in [0.2, 0.25) is 5.91 Å².